The molecule has 0 aliphatic heterocycles. The molecule has 0 aliphatic rings. The molecule has 0 aromatic carbocycles. The molecule has 0 radical (unpaired) electrons. The smallest absolute Gasteiger partial charge is 0.325 e. The molecule has 1 heterocycles. The molecule has 18 heavy (non-hydrogen) atoms. The predicted octanol–water partition coefficient (Wildman–Crippen LogP) is -1.64. The van der Waals surface area contributed by atoms with E-state index in [1.807, 2.05) is 0 Å². The summed E-state index contributed by atoms with van der Waals surface area (Å²) in [6.45, 7) is 3.25. The van der Waals surface area contributed by atoms with Crippen molar-refractivity contribution in [2.24, 2.45) is 5.92 Å². The first-order valence-corrected chi connectivity index (χ1v) is 6.72. The van der Waals surface area contributed by atoms with Gasteiger partial charge in [0, 0.05) is 12.7 Å². The topological polar surface area (TPSA) is 132 Å². The largest absolute Gasteiger partial charge is 0.391 e. The molecular weight excluding hydrogens is 262 g/mol. The fourth-order valence-electron chi connectivity index (χ4n) is 1.11. The average molecular weight is 277 g/mol. The summed E-state index contributed by atoms with van der Waals surface area (Å²) in [5.74, 6) is -0.124. The summed E-state index contributed by atoms with van der Waals surface area (Å²) >= 11 is 0. The van der Waals surface area contributed by atoms with Crippen molar-refractivity contribution >= 4 is 10.0 Å². The van der Waals surface area contributed by atoms with Crippen molar-refractivity contribution in [2.75, 3.05) is 6.54 Å². The Morgan fingerprint density at radius 1 is 1.39 bits per heavy atom. The van der Waals surface area contributed by atoms with Gasteiger partial charge in [0.1, 0.15) is 0 Å². The molecular formula is C9H15N3O5S. The molecule has 0 saturated carbocycles. The normalized spacial score (nSPS) is 13.8. The third kappa shape index (κ3) is 3.52. The molecule has 1 unspecified atom stereocenters. The Labute approximate surface area is 103 Å². The molecule has 0 bridgehead atoms. The van der Waals surface area contributed by atoms with Crippen LogP contribution in [0.3, 0.4) is 0 Å². The second-order valence-electron chi connectivity index (χ2n) is 4.10. The lowest BCUT2D eigenvalue weighted by molar-refractivity contribution is 0.129. The zero-order chi connectivity index (χ0) is 13.9. The van der Waals surface area contributed by atoms with Gasteiger partial charge in [-0.2, -0.15) is 0 Å². The van der Waals surface area contributed by atoms with Gasteiger partial charge in [0.2, 0.25) is 10.0 Å². The first kappa shape index (κ1) is 14.6. The number of nitrogens with one attached hydrogen (secondary N) is 3. The van der Waals surface area contributed by atoms with Gasteiger partial charge >= 0.3 is 5.69 Å². The lowest BCUT2D eigenvalue weighted by atomic mass is 10.1. The van der Waals surface area contributed by atoms with E-state index in [9.17, 15) is 23.1 Å². The minimum atomic E-state index is -4.06. The Kier molecular flexibility index (Phi) is 4.43. The zero-order valence-corrected chi connectivity index (χ0v) is 10.7. The van der Waals surface area contributed by atoms with Crippen LogP contribution in [0, 0.1) is 5.92 Å². The maximum Gasteiger partial charge on any atom is 0.325 e. The molecule has 0 fully saturated rings. The van der Waals surface area contributed by atoms with Crippen molar-refractivity contribution in [3.8, 4) is 0 Å². The maximum atomic E-state index is 11.7. The molecule has 9 heteroatoms. The van der Waals surface area contributed by atoms with E-state index in [1.54, 1.807) is 18.8 Å². The number of aromatic amines is 2. The third-order valence-corrected chi connectivity index (χ3v) is 3.76. The van der Waals surface area contributed by atoms with E-state index in [0.717, 1.165) is 6.20 Å². The quantitative estimate of drug-likeness (QED) is 0.512. The van der Waals surface area contributed by atoms with E-state index in [2.05, 4.69) is 9.71 Å². The van der Waals surface area contributed by atoms with E-state index < -0.39 is 32.3 Å². The highest BCUT2D eigenvalue weighted by atomic mass is 32.2. The van der Waals surface area contributed by atoms with Gasteiger partial charge in [0.25, 0.3) is 5.56 Å². The van der Waals surface area contributed by atoms with Crippen molar-refractivity contribution < 1.29 is 13.5 Å². The Morgan fingerprint density at radius 2 is 2.00 bits per heavy atom. The minimum absolute atomic E-state index is 0.124. The van der Waals surface area contributed by atoms with Gasteiger partial charge in [-0.05, 0) is 5.92 Å². The van der Waals surface area contributed by atoms with Gasteiger partial charge in [-0.25, -0.2) is 17.9 Å². The van der Waals surface area contributed by atoms with Crippen molar-refractivity contribution in [2.45, 2.75) is 24.8 Å². The summed E-state index contributed by atoms with van der Waals surface area (Å²) in [6, 6.07) is 0. The van der Waals surface area contributed by atoms with Gasteiger partial charge in [0.15, 0.2) is 4.90 Å². The number of H-pyrrole nitrogens is 2. The van der Waals surface area contributed by atoms with E-state index in [-0.39, 0.29) is 12.5 Å². The summed E-state index contributed by atoms with van der Waals surface area (Å²) in [7, 11) is -4.06. The Morgan fingerprint density at radius 3 is 2.50 bits per heavy atom. The maximum absolute atomic E-state index is 11.7. The number of sulfonamides is 1. The van der Waals surface area contributed by atoms with Crippen LogP contribution >= 0.6 is 0 Å². The number of hydrogen-bond acceptors (Lipinski definition) is 5. The van der Waals surface area contributed by atoms with Crippen molar-refractivity contribution in [1.82, 2.24) is 14.7 Å². The van der Waals surface area contributed by atoms with Crippen LogP contribution in [0.15, 0.2) is 20.7 Å². The van der Waals surface area contributed by atoms with Crippen LogP contribution in [0.5, 0.6) is 0 Å². The molecule has 1 aromatic heterocycles. The summed E-state index contributed by atoms with van der Waals surface area (Å²) < 4.78 is 25.6. The third-order valence-electron chi connectivity index (χ3n) is 2.33. The molecule has 4 N–H and O–H groups in total. The van der Waals surface area contributed by atoms with E-state index in [0.29, 0.717) is 0 Å². The number of aliphatic hydroxyl groups is 1. The second kappa shape index (κ2) is 5.46. The number of rotatable bonds is 5. The predicted molar refractivity (Wildman–Crippen MR) is 63.7 cm³/mol. The van der Waals surface area contributed by atoms with Gasteiger partial charge in [-0.3, -0.25) is 9.78 Å². The number of hydrogen-bond donors (Lipinski definition) is 4. The van der Waals surface area contributed by atoms with Crippen LogP contribution < -0.4 is 16.0 Å². The first-order chi connectivity index (χ1) is 8.24. The molecule has 0 saturated heterocycles. The Balaban J connectivity index is 2.94. The summed E-state index contributed by atoms with van der Waals surface area (Å²) in [6.07, 6.45) is -0.0488. The fraction of sp³-hybridized carbons (Fsp3) is 0.556. The van der Waals surface area contributed by atoms with E-state index >= 15 is 0 Å². The SMILES string of the molecule is CC(C)C(O)CNS(=O)(=O)c1c[nH]c(=O)[nH]c1=O. The van der Waals surface area contributed by atoms with Crippen molar-refractivity contribution in [1.29, 1.82) is 0 Å². The monoisotopic (exact) mass is 277 g/mol. The molecule has 102 valence electrons. The van der Waals surface area contributed by atoms with E-state index in [1.165, 1.54) is 0 Å². The molecule has 0 aliphatic carbocycles. The fourth-order valence-corrected chi connectivity index (χ4v) is 2.16. The lowest BCUT2D eigenvalue weighted by Crippen LogP contribution is -2.38. The van der Waals surface area contributed by atoms with Gasteiger partial charge in [-0.15, -0.1) is 0 Å². The first-order valence-electron chi connectivity index (χ1n) is 5.24. The average Bonchev–Trinajstić information content (AvgIpc) is 2.25. The standard InChI is InChI=1S/C9H15N3O5S/c1-5(2)6(13)3-11-18(16,17)7-4-10-9(15)12-8(7)14/h4-6,11,13H,3H2,1-2H3,(H2,10,12,14,15). The van der Waals surface area contributed by atoms with Crippen LogP contribution in [-0.2, 0) is 10.0 Å². The van der Waals surface area contributed by atoms with Crippen LogP contribution in [0.2, 0.25) is 0 Å². The zero-order valence-electron chi connectivity index (χ0n) is 9.93. The molecule has 1 atom stereocenters. The van der Waals surface area contributed by atoms with Crippen molar-refractivity contribution in [3.05, 3.63) is 27.0 Å². The highest BCUT2D eigenvalue weighted by Gasteiger charge is 2.20. The lowest BCUT2D eigenvalue weighted by Gasteiger charge is -2.14. The van der Waals surface area contributed by atoms with Crippen LogP contribution in [0.4, 0.5) is 0 Å². The molecule has 1 aromatic rings. The number of aliphatic hydroxyl groups excluding tert-OH is 1. The Hall–Kier alpha value is -1.45. The summed E-state index contributed by atoms with van der Waals surface area (Å²) in [5.41, 5.74) is -1.80. The van der Waals surface area contributed by atoms with Crippen LogP contribution in [-0.4, -0.2) is 36.1 Å². The number of aromatic nitrogens is 2. The molecule has 0 spiro atoms. The second-order valence-corrected chi connectivity index (χ2v) is 5.83. The highest BCUT2D eigenvalue weighted by Crippen LogP contribution is 2.02. The minimum Gasteiger partial charge on any atom is -0.391 e. The van der Waals surface area contributed by atoms with Gasteiger partial charge < -0.3 is 10.1 Å². The van der Waals surface area contributed by atoms with E-state index in [4.69, 9.17) is 0 Å². The molecule has 0 amide bonds. The van der Waals surface area contributed by atoms with Crippen LogP contribution in [0.1, 0.15) is 13.8 Å². The summed E-state index contributed by atoms with van der Waals surface area (Å²) in [5, 5.41) is 9.48. The van der Waals surface area contributed by atoms with Gasteiger partial charge in [-0.1, -0.05) is 13.8 Å². The Bertz CT molecular complexity index is 616. The highest BCUT2D eigenvalue weighted by molar-refractivity contribution is 7.89. The molecule has 1 rings (SSSR count). The molecule has 8 nitrogen and oxygen atoms in total. The van der Waals surface area contributed by atoms with Gasteiger partial charge in [0.05, 0.1) is 6.10 Å². The van der Waals surface area contributed by atoms with Crippen LogP contribution in [0.25, 0.3) is 0 Å². The summed E-state index contributed by atoms with van der Waals surface area (Å²) in [4.78, 5) is 25.3. The van der Waals surface area contributed by atoms with Crippen molar-refractivity contribution in [3.63, 3.8) is 0 Å².